The number of rotatable bonds is 4. The Morgan fingerprint density at radius 1 is 1.27 bits per heavy atom. The van der Waals surface area contributed by atoms with Gasteiger partial charge in [0.05, 0.1) is 17.9 Å². The molecule has 0 unspecified atom stereocenters. The molecule has 0 bridgehead atoms. The number of benzene rings is 1. The summed E-state index contributed by atoms with van der Waals surface area (Å²) in [5.74, 6) is 1.05. The first-order chi connectivity index (χ1) is 10.7. The Labute approximate surface area is 129 Å². The molecule has 0 saturated heterocycles. The highest BCUT2D eigenvalue weighted by Crippen LogP contribution is 2.32. The summed E-state index contributed by atoms with van der Waals surface area (Å²) in [5.41, 5.74) is 2.28. The minimum atomic E-state index is -0.0898. The quantitative estimate of drug-likeness (QED) is 0.938. The number of hydrogen-bond acceptors (Lipinski definition) is 5. The van der Waals surface area contributed by atoms with E-state index in [9.17, 15) is 4.79 Å². The van der Waals surface area contributed by atoms with Crippen LogP contribution in [-0.2, 0) is 4.79 Å². The van der Waals surface area contributed by atoms with Gasteiger partial charge in [-0.3, -0.25) is 4.79 Å². The van der Waals surface area contributed by atoms with Crippen molar-refractivity contribution < 1.29 is 9.32 Å². The molecule has 0 fully saturated rings. The molecule has 1 aromatic heterocycles. The van der Waals surface area contributed by atoms with E-state index in [4.69, 9.17) is 4.52 Å². The molecule has 1 N–H and O–H groups in total. The van der Waals surface area contributed by atoms with E-state index in [-0.39, 0.29) is 5.91 Å². The van der Waals surface area contributed by atoms with Gasteiger partial charge in [-0.15, -0.1) is 0 Å². The molecule has 1 amide bonds. The van der Waals surface area contributed by atoms with Crippen LogP contribution in [0, 0.1) is 6.92 Å². The summed E-state index contributed by atoms with van der Waals surface area (Å²) in [6.07, 6.45) is 0. The first-order valence-electron chi connectivity index (χ1n) is 7.49. The third kappa shape index (κ3) is 2.90. The summed E-state index contributed by atoms with van der Waals surface area (Å²) in [6, 6.07) is 9.91. The fourth-order valence-corrected chi connectivity index (χ4v) is 2.76. The number of aromatic nitrogens is 1. The van der Waals surface area contributed by atoms with Gasteiger partial charge in [-0.2, -0.15) is 0 Å². The lowest BCUT2D eigenvalue weighted by atomic mass is 10.1. The standard InChI is InChI=1S/C16H20N4O2/c1-3-19-8-9-20(14-7-5-4-6-13(14)19)11-16(21)17-15-10-12(2)22-18-15/h4-7,10H,3,8-9,11H2,1-2H3,(H,17,18,21). The van der Waals surface area contributed by atoms with Crippen LogP contribution in [0.25, 0.3) is 0 Å². The van der Waals surface area contributed by atoms with Crippen molar-refractivity contribution in [1.82, 2.24) is 5.16 Å². The average molecular weight is 300 g/mol. The van der Waals surface area contributed by atoms with Crippen LogP contribution >= 0.6 is 0 Å². The fraction of sp³-hybridized carbons (Fsp3) is 0.375. The van der Waals surface area contributed by atoms with Crippen molar-refractivity contribution in [2.24, 2.45) is 0 Å². The Bertz CT molecular complexity index is 668. The minimum Gasteiger partial charge on any atom is -0.368 e. The SMILES string of the molecule is CCN1CCN(CC(=O)Nc2cc(C)on2)c2ccccc21. The number of hydrogen-bond donors (Lipinski definition) is 1. The maximum absolute atomic E-state index is 12.2. The molecule has 6 nitrogen and oxygen atoms in total. The van der Waals surface area contributed by atoms with Gasteiger partial charge in [0.15, 0.2) is 5.82 Å². The molecule has 116 valence electrons. The van der Waals surface area contributed by atoms with Crippen LogP contribution in [0.3, 0.4) is 0 Å². The molecule has 1 aromatic carbocycles. The number of fused-ring (bicyclic) bond motifs is 1. The number of para-hydroxylation sites is 2. The van der Waals surface area contributed by atoms with Crippen molar-refractivity contribution in [3.8, 4) is 0 Å². The van der Waals surface area contributed by atoms with Gasteiger partial charge in [-0.1, -0.05) is 17.3 Å². The van der Waals surface area contributed by atoms with Crippen molar-refractivity contribution in [2.75, 3.05) is 41.3 Å². The Morgan fingerprint density at radius 2 is 1.95 bits per heavy atom. The van der Waals surface area contributed by atoms with Crippen LogP contribution in [-0.4, -0.2) is 37.2 Å². The number of anilines is 3. The summed E-state index contributed by atoms with van der Waals surface area (Å²) in [4.78, 5) is 16.6. The van der Waals surface area contributed by atoms with Crippen molar-refractivity contribution >= 4 is 23.1 Å². The zero-order valence-corrected chi connectivity index (χ0v) is 12.9. The van der Waals surface area contributed by atoms with Gasteiger partial charge in [-0.05, 0) is 26.0 Å². The van der Waals surface area contributed by atoms with Gasteiger partial charge in [0, 0.05) is 25.7 Å². The molecule has 22 heavy (non-hydrogen) atoms. The number of nitrogens with zero attached hydrogens (tertiary/aromatic N) is 3. The molecule has 0 aliphatic carbocycles. The first kappa shape index (κ1) is 14.4. The highest BCUT2D eigenvalue weighted by molar-refractivity contribution is 5.94. The topological polar surface area (TPSA) is 61.6 Å². The van der Waals surface area contributed by atoms with Crippen LogP contribution in [0.2, 0.25) is 0 Å². The van der Waals surface area contributed by atoms with Crippen molar-refractivity contribution in [3.05, 3.63) is 36.1 Å². The van der Waals surface area contributed by atoms with E-state index in [2.05, 4.69) is 39.3 Å². The van der Waals surface area contributed by atoms with E-state index in [0.717, 1.165) is 25.3 Å². The number of nitrogens with one attached hydrogen (secondary N) is 1. The maximum Gasteiger partial charge on any atom is 0.245 e. The largest absolute Gasteiger partial charge is 0.368 e. The highest BCUT2D eigenvalue weighted by atomic mass is 16.5. The minimum absolute atomic E-state index is 0.0898. The molecule has 0 radical (unpaired) electrons. The number of amides is 1. The van der Waals surface area contributed by atoms with E-state index >= 15 is 0 Å². The molecule has 6 heteroatoms. The van der Waals surface area contributed by atoms with Crippen molar-refractivity contribution in [1.29, 1.82) is 0 Å². The maximum atomic E-state index is 12.2. The molecule has 1 aliphatic heterocycles. The number of carbonyl (C=O) groups is 1. The third-order valence-corrected chi connectivity index (χ3v) is 3.81. The van der Waals surface area contributed by atoms with E-state index in [1.807, 2.05) is 12.1 Å². The highest BCUT2D eigenvalue weighted by Gasteiger charge is 2.22. The van der Waals surface area contributed by atoms with E-state index < -0.39 is 0 Å². The van der Waals surface area contributed by atoms with E-state index in [0.29, 0.717) is 18.1 Å². The Kier molecular flexibility index (Phi) is 4.00. The lowest BCUT2D eigenvalue weighted by molar-refractivity contribution is -0.115. The summed E-state index contributed by atoms with van der Waals surface area (Å²) in [7, 11) is 0. The van der Waals surface area contributed by atoms with E-state index in [1.165, 1.54) is 5.69 Å². The predicted molar refractivity (Wildman–Crippen MR) is 86.4 cm³/mol. The molecule has 1 aliphatic rings. The van der Waals surface area contributed by atoms with Crippen LogP contribution in [0.15, 0.2) is 34.9 Å². The van der Waals surface area contributed by atoms with Gasteiger partial charge in [-0.25, -0.2) is 0 Å². The van der Waals surface area contributed by atoms with Crippen LogP contribution in [0.4, 0.5) is 17.2 Å². The summed E-state index contributed by atoms with van der Waals surface area (Å²) in [6.45, 7) is 6.96. The predicted octanol–water partition coefficient (Wildman–Crippen LogP) is 2.27. The molecular weight excluding hydrogens is 280 g/mol. The molecular formula is C16H20N4O2. The van der Waals surface area contributed by atoms with Crippen molar-refractivity contribution in [2.45, 2.75) is 13.8 Å². The van der Waals surface area contributed by atoms with Crippen LogP contribution in [0.1, 0.15) is 12.7 Å². The number of aryl methyl sites for hydroxylation is 1. The monoisotopic (exact) mass is 300 g/mol. The summed E-state index contributed by atoms with van der Waals surface area (Å²) < 4.78 is 4.96. The smallest absolute Gasteiger partial charge is 0.245 e. The van der Waals surface area contributed by atoms with Gasteiger partial charge in [0.1, 0.15) is 5.76 Å². The Hall–Kier alpha value is -2.50. The fourth-order valence-electron chi connectivity index (χ4n) is 2.76. The first-order valence-corrected chi connectivity index (χ1v) is 7.49. The van der Waals surface area contributed by atoms with Crippen LogP contribution < -0.4 is 15.1 Å². The lowest BCUT2D eigenvalue weighted by Gasteiger charge is -2.38. The second kappa shape index (κ2) is 6.09. The number of likely N-dealkylation sites (N-methyl/N-ethyl adjacent to an activating group) is 1. The Balaban J connectivity index is 1.71. The normalized spacial score (nSPS) is 13.9. The van der Waals surface area contributed by atoms with Crippen LogP contribution in [0.5, 0.6) is 0 Å². The second-order valence-electron chi connectivity index (χ2n) is 5.36. The molecule has 2 heterocycles. The lowest BCUT2D eigenvalue weighted by Crippen LogP contribution is -2.44. The van der Waals surface area contributed by atoms with Gasteiger partial charge < -0.3 is 19.6 Å². The van der Waals surface area contributed by atoms with Gasteiger partial charge >= 0.3 is 0 Å². The molecule has 0 saturated carbocycles. The van der Waals surface area contributed by atoms with E-state index in [1.54, 1.807) is 13.0 Å². The summed E-state index contributed by atoms with van der Waals surface area (Å²) >= 11 is 0. The zero-order valence-electron chi connectivity index (χ0n) is 12.9. The molecule has 2 aromatic rings. The van der Waals surface area contributed by atoms with Gasteiger partial charge in [0.2, 0.25) is 5.91 Å². The third-order valence-electron chi connectivity index (χ3n) is 3.81. The second-order valence-corrected chi connectivity index (χ2v) is 5.36. The molecule has 0 spiro atoms. The van der Waals surface area contributed by atoms with Gasteiger partial charge in [0.25, 0.3) is 0 Å². The average Bonchev–Trinajstić information content (AvgIpc) is 2.92. The zero-order chi connectivity index (χ0) is 15.5. The number of carbonyl (C=O) groups excluding carboxylic acids is 1. The Morgan fingerprint density at radius 3 is 2.59 bits per heavy atom. The van der Waals surface area contributed by atoms with Crippen molar-refractivity contribution in [3.63, 3.8) is 0 Å². The molecule has 3 rings (SSSR count). The summed E-state index contributed by atoms with van der Waals surface area (Å²) in [5, 5.41) is 6.55. The molecule has 0 atom stereocenters.